The quantitative estimate of drug-likeness (QED) is 0.367. The molecule has 0 spiro atoms. The van der Waals surface area contributed by atoms with Crippen LogP contribution < -0.4 is 4.74 Å². The molecule has 2 aromatic rings. The van der Waals surface area contributed by atoms with Gasteiger partial charge in [0.15, 0.2) is 0 Å². The van der Waals surface area contributed by atoms with Crippen molar-refractivity contribution in [2.45, 2.75) is 46.5 Å². The maximum absolute atomic E-state index is 13.4. The summed E-state index contributed by atoms with van der Waals surface area (Å²) in [6.45, 7) is 8.39. The van der Waals surface area contributed by atoms with E-state index < -0.39 is 0 Å². The van der Waals surface area contributed by atoms with E-state index in [2.05, 4.69) is 11.9 Å². The van der Waals surface area contributed by atoms with Gasteiger partial charge in [-0.25, -0.2) is 0 Å². The molecule has 6 nitrogen and oxygen atoms in total. The number of rotatable bonds is 12. The van der Waals surface area contributed by atoms with E-state index in [0.717, 1.165) is 42.6 Å². The average Bonchev–Trinajstić information content (AvgIpc) is 3.06. The van der Waals surface area contributed by atoms with Crippen LogP contribution in [0.5, 0.6) is 5.75 Å². The molecule has 1 aromatic carbocycles. The van der Waals surface area contributed by atoms with E-state index in [1.165, 1.54) is 4.90 Å². The third-order valence-corrected chi connectivity index (χ3v) is 5.70. The van der Waals surface area contributed by atoms with Crippen molar-refractivity contribution >= 4 is 17.4 Å². The summed E-state index contributed by atoms with van der Waals surface area (Å²) < 4.78 is 5.55. The minimum atomic E-state index is -0.201. The molecule has 0 aliphatic carbocycles. The molecule has 0 saturated heterocycles. The number of likely N-dealkylation sites (N-methyl/N-ethyl adjacent to an activating group) is 1. The molecular weight excluding hydrogens is 402 g/mol. The Bertz CT molecular complexity index is 939. The number of pyridine rings is 1. The van der Waals surface area contributed by atoms with Crippen LogP contribution in [0.4, 0.5) is 0 Å². The number of ether oxygens (including phenoxy) is 1. The van der Waals surface area contributed by atoms with Gasteiger partial charge in [0, 0.05) is 32.0 Å². The Hall–Kier alpha value is -3.15. The van der Waals surface area contributed by atoms with Gasteiger partial charge in [0.2, 0.25) is 0 Å². The molecule has 0 fully saturated rings. The van der Waals surface area contributed by atoms with E-state index in [0.29, 0.717) is 37.5 Å². The number of hydrogen-bond acceptors (Lipinski definition) is 5. The van der Waals surface area contributed by atoms with Crippen LogP contribution in [0.3, 0.4) is 0 Å². The predicted octanol–water partition coefficient (Wildman–Crippen LogP) is 4.32. The number of unbranched alkanes of at least 4 members (excludes halogenated alkanes) is 2. The Kier molecular flexibility index (Phi) is 8.42. The molecule has 0 bridgehead atoms. The van der Waals surface area contributed by atoms with Gasteiger partial charge < -0.3 is 9.64 Å². The van der Waals surface area contributed by atoms with Crippen LogP contribution in [0.1, 0.15) is 51.2 Å². The van der Waals surface area contributed by atoms with E-state index in [9.17, 15) is 9.59 Å². The first-order chi connectivity index (χ1) is 15.6. The van der Waals surface area contributed by atoms with Gasteiger partial charge in [-0.05, 0) is 62.1 Å². The predicted molar refractivity (Wildman–Crippen MR) is 126 cm³/mol. The summed E-state index contributed by atoms with van der Waals surface area (Å²) in [7, 11) is 0. The lowest BCUT2D eigenvalue weighted by atomic mass is 10.0. The van der Waals surface area contributed by atoms with Crippen molar-refractivity contribution < 1.29 is 14.3 Å². The number of hydrogen-bond donors (Lipinski definition) is 0. The second-order valence-corrected chi connectivity index (χ2v) is 7.84. The molecule has 0 radical (unpaired) electrons. The largest absolute Gasteiger partial charge is 0.494 e. The van der Waals surface area contributed by atoms with E-state index in [-0.39, 0.29) is 11.8 Å². The van der Waals surface area contributed by atoms with Gasteiger partial charge in [0.1, 0.15) is 11.4 Å². The maximum Gasteiger partial charge on any atom is 0.277 e. The summed E-state index contributed by atoms with van der Waals surface area (Å²) >= 11 is 0. The van der Waals surface area contributed by atoms with Gasteiger partial charge in [0.05, 0.1) is 12.2 Å². The summed E-state index contributed by atoms with van der Waals surface area (Å²) in [6.07, 6.45) is 7.17. The zero-order chi connectivity index (χ0) is 22.9. The first-order valence-electron chi connectivity index (χ1n) is 11.6. The van der Waals surface area contributed by atoms with Crippen LogP contribution >= 0.6 is 0 Å². The van der Waals surface area contributed by atoms with Crippen LogP contribution in [-0.2, 0) is 16.0 Å². The molecule has 2 amide bonds. The van der Waals surface area contributed by atoms with Crippen LogP contribution in [0.25, 0.3) is 5.57 Å². The fraction of sp³-hybridized carbons (Fsp3) is 0.423. The van der Waals surface area contributed by atoms with Gasteiger partial charge in [-0.3, -0.25) is 19.5 Å². The standard InChI is InChI=1S/C26H33N3O3/c1-4-7-8-18-29-25(30)23(21-9-11-22(12-10-21)32-6-3)24(26(29)31)28(5-2)19-15-20-13-16-27-17-14-20/h9-14,16-17H,4-8,15,18-19H2,1-3H3. The van der Waals surface area contributed by atoms with E-state index in [1.54, 1.807) is 12.4 Å². The monoisotopic (exact) mass is 435 g/mol. The van der Waals surface area contributed by atoms with Crippen molar-refractivity contribution in [2.75, 3.05) is 26.2 Å². The number of amides is 2. The van der Waals surface area contributed by atoms with Crippen molar-refractivity contribution in [3.8, 4) is 5.75 Å². The topological polar surface area (TPSA) is 62.7 Å². The Morgan fingerprint density at radius 2 is 1.66 bits per heavy atom. The third-order valence-electron chi connectivity index (χ3n) is 5.70. The normalized spacial score (nSPS) is 13.8. The zero-order valence-electron chi connectivity index (χ0n) is 19.3. The molecule has 1 aliphatic rings. The van der Waals surface area contributed by atoms with Crippen molar-refractivity contribution in [1.29, 1.82) is 0 Å². The van der Waals surface area contributed by atoms with E-state index in [4.69, 9.17) is 4.74 Å². The first kappa shape index (κ1) is 23.5. The number of imide groups is 1. The summed E-state index contributed by atoms with van der Waals surface area (Å²) in [4.78, 5) is 34.4. The van der Waals surface area contributed by atoms with Gasteiger partial charge in [-0.1, -0.05) is 31.9 Å². The highest BCUT2D eigenvalue weighted by Gasteiger charge is 2.40. The molecule has 170 valence electrons. The summed E-state index contributed by atoms with van der Waals surface area (Å²) in [6, 6.07) is 11.4. The molecule has 0 saturated carbocycles. The second-order valence-electron chi connectivity index (χ2n) is 7.84. The lowest BCUT2D eigenvalue weighted by Gasteiger charge is -2.25. The first-order valence-corrected chi connectivity index (χ1v) is 11.6. The molecule has 2 heterocycles. The second kappa shape index (κ2) is 11.5. The fourth-order valence-electron chi connectivity index (χ4n) is 3.97. The zero-order valence-corrected chi connectivity index (χ0v) is 19.3. The minimum absolute atomic E-state index is 0.188. The van der Waals surface area contributed by atoms with Crippen molar-refractivity contribution in [2.24, 2.45) is 0 Å². The summed E-state index contributed by atoms with van der Waals surface area (Å²) in [5.74, 6) is 0.360. The van der Waals surface area contributed by atoms with Gasteiger partial charge in [-0.2, -0.15) is 0 Å². The van der Waals surface area contributed by atoms with Crippen molar-refractivity contribution in [1.82, 2.24) is 14.8 Å². The molecule has 3 rings (SSSR count). The molecule has 0 N–H and O–H groups in total. The van der Waals surface area contributed by atoms with Gasteiger partial charge in [0.25, 0.3) is 11.8 Å². The molecule has 0 unspecified atom stereocenters. The molecule has 1 aliphatic heterocycles. The Balaban J connectivity index is 1.93. The molecule has 32 heavy (non-hydrogen) atoms. The van der Waals surface area contributed by atoms with E-state index in [1.807, 2.05) is 55.1 Å². The highest BCUT2D eigenvalue weighted by atomic mass is 16.5. The van der Waals surface area contributed by atoms with Crippen LogP contribution in [0, 0.1) is 0 Å². The number of benzene rings is 1. The Labute approximate surface area is 190 Å². The molecule has 1 aromatic heterocycles. The van der Waals surface area contributed by atoms with Crippen molar-refractivity contribution in [3.05, 3.63) is 65.6 Å². The summed E-state index contributed by atoms with van der Waals surface area (Å²) in [5.41, 5.74) is 2.90. The smallest absolute Gasteiger partial charge is 0.277 e. The third kappa shape index (κ3) is 5.36. The number of nitrogens with zero attached hydrogens (tertiary/aromatic N) is 3. The number of carbonyl (C=O) groups excluding carboxylic acids is 2. The Morgan fingerprint density at radius 3 is 2.28 bits per heavy atom. The average molecular weight is 436 g/mol. The molecular formula is C26H33N3O3. The van der Waals surface area contributed by atoms with E-state index >= 15 is 0 Å². The summed E-state index contributed by atoms with van der Waals surface area (Å²) in [5, 5.41) is 0. The Morgan fingerprint density at radius 1 is 0.938 bits per heavy atom. The SMILES string of the molecule is CCCCCN1C(=O)C(c2ccc(OCC)cc2)=C(N(CC)CCc2ccncc2)C1=O. The molecule has 0 atom stereocenters. The van der Waals surface area contributed by atoms with Crippen LogP contribution in [0.2, 0.25) is 0 Å². The lowest BCUT2D eigenvalue weighted by Crippen LogP contribution is -2.36. The van der Waals surface area contributed by atoms with Gasteiger partial charge >= 0.3 is 0 Å². The van der Waals surface area contributed by atoms with Gasteiger partial charge in [-0.15, -0.1) is 0 Å². The van der Waals surface area contributed by atoms with Crippen LogP contribution in [-0.4, -0.2) is 52.8 Å². The van der Waals surface area contributed by atoms with Crippen molar-refractivity contribution in [3.63, 3.8) is 0 Å². The van der Waals surface area contributed by atoms with Crippen LogP contribution in [0.15, 0.2) is 54.5 Å². The molecule has 6 heteroatoms. The highest BCUT2D eigenvalue weighted by molar-refractivity contribution is 6.35. The fourth-order valence-corrected chi connectivity index (χ4v) is 3.97. The lowest BCUT2D eigenvalue weighted by molar-refractivity contribution is -0.137. The highest BCUT2D eigenvalue weighted by Crippen LogP contribution is 2.33. The number of aromatic nitrogens is 1. The minimum Gasteiger partial charge on any atom is -0.494 e. The maximum atomic E-state index is 13.4. The number of carbonyl (C=O) groups is 2.